The van der Waals surface area contributed by atoms with Crippen LogP contribution < -0.4 is 10.8 Å². The summed E-state index contributed by atoms with van der Waals surface area (Å²) in [6.45, 7) is 0. The molecule has 0 saturated carbocycles. The van der Waals surface area contributed by atoms with Gasteiger partial charge in [0.2, 0.25) is 11.8 Å². The van der Waals surface area contributed by atoms with Crippen LogP contribution in [0.25, 0.3) is 16.5 Å². The first-order valence-electron chi connectivity index (χ1n) is 9.57. The maximum atomic E-state index is 13.0. The normalized spacial score (nSPS) is 20.7. The Bertz CT molecular complexity index is 1060. The second-order valence-electron chi connectivity index (χ2n) is 7.22. The molecule has 1 aliphatic heterocycles. The van der Waals surface area contributed by atoms with Crippen LogP contribution in [0.15, 0.2) is 42.5 Å². The molecule has 2 aromatic rings. The summed E-state index contributed by atoms with van der Waals surface area (Å²) in [6, 6.07) is 11.2. The van der Waals surface area contributed by atoms with E-state index in [1.54, 1.807) is 24.7 Å². The molecule has 30 heavy (non-hydrogen) atoms. The number of carbonyl (C=O) groups is 2. The molecule has 160 valence electrons. The van der Waals surface area contributed by atoms with E-state index < -0.39 is 20.5 Å². The van der Waals surface area contributed by atoms with Gasteiger partial charge >= 0.3 is 0 Å². The van der Waals surface area contributed by atoms with E-state index in [1.165, 1.54) is 17.4 Å². The standard InChI is InChI=1S/C21H24N2O5S2/c1-22-19(24)11-6-15-4-7-16(8-5-15)17-9-10-18(29-17)21(14-20(25)23-26)12-2-3-13-30(21,27)28/h4-11,26H,2-3,12-14H2,1H3,(H,22,24)(H,23,25)/t21-/m0/s1. The Morgan fingerprint density at radius 1 is 1.17 bits per heavy atom. The molecule has 3 N–H and O–H groups in total. The number of sulfone groups is 1. The summed E-state index contributed by atoms with van der Waals surface area (Å²) >= 11 is 1.35. The highest BCUT2D eigenvalue weighted by atomic mass is 32.2. The van der Waals surface area contributed by atoms with Crippen molar-refractivity contribution in [2.24, 2.45) is 0 Å². The predicted molar refractivity (Wildman–Crippen MR) is 117 cm³/mol. The van der Waals surface area contributed by atoms with E-state index in [-0.39, 0.29) is 18.1 Å². The van der Waals surface area contributed by atoms with E-state index in [0.717, 1.165) is 16.0 Å². The zero-order chi connectivity index (χ0) is 21.8. The summed E-state index contributed by atoms with van der Waals surface area (Å²) in [7, 11) is -1.98. The van der Waals surface area contributed by atoms with Gasteiger partial charge in [-0.05, 0) is 42.2 Å². The van der Waals surface area contributed by atoms with Crippen LogP contribution in [0, 0.1) is 0 Å². The molecule has 3 rings (SSSR count). The molecule has 1 saturated heterocycles. The van der Waals surface area contributed by atoms with Crippen LogP contribution in [0.2, 0.25) is 0 Å². The number of carbonyl (C=O) groups excluding carboxylic acids is 2. The molecule has 0 radical (unpaired) electrons. The van der Waals surface area contributed by atoms with Gasteiger partial charge in [0, 0.05) is 22.9 Å². The van der Waals surface area contributed by atoms with Crippen molar-refractivity contribution >= 4 is 39.1 Å². The summed E-state index contributed by atoms with van der Waals surface area (Å²) in [5.74, 6) is -0.860. The zero-order valence-corrected chi connectivity index (χ0v) is 18.2. The Morgan fingerprint density at radius 2 is 1.90 bits per heavy atom. The number of amides is 2. The van der Waals surface area contributed by atoms with Crippen molar-refractivity contribution in [3.8, 4) is 10.4 Å². The van der Waals surface area contributed by atoms with Gasteiger partial charge in [-0.3, -0.25) is 14.8 Å². The fourth-order valence-electron chi connectivity index (χ4n) is 3.67. The van der Waals surface area contributed by atoms with E-state index >= 15 is 0 Å². The summed E-state index contributed by atoms with van der Waals surface area (Å²) < 4.78 is 24.7. The van der Waals surface area contributed by atoms with Gasteiger partial charge in [0.1, 0.15) is 4.75 Å². The van der Waals surface area contributed by atoms with Gasteiger partial charge in [0.05, 0.1) is 12.2 Å². The predicted octanol–water partition coefficient (Wildman–Crippen LogP) is 2.86. The number of rotatable bonds is 6. The fourth-order valence-corrected chi connectivity index (χ4v) is 7.45. The largest absolute Gasteiger partial charge is 0.356 e. The third kappa shape index (κ3) is 4.48. The molecule has 2 amide bonds. The topological polar surface area (TPSA) is 113 Å². The third-order valence-electron chi connectivity index (χ3n) is 5.33. The van der Waals surface area contributed by atoms with Crippen molar-refractivity contribution in [3.05, 3.63) is 52.9 Å². The van der Waals surface area contributed by atoms with Gasteiger partial charge in [0.25, 0.3) is 0 Å². The molecular formula is C21H24N2O5S2. The fraction of sp³-hybridized carbons (Fsp3) is 0.333. The lowest BCUT2D eigenvalue weighted by Gasteiger charge is -2.35. The number of benzene rings is 1. The van der Waals surface area contributed by atoms with E-state index in [1.807, 2.05) is 30.3 Å². The third-order valence-corrected chi connectivity index (χ3v) is 9.39. The summed E-state index contributed by atoms with van der Waals surface area (Å²) in [5, 5.41) is 11.5. The summed E-state index contributed by atoms with van der Waals surface area (Å²) in [5.41, 5.74) is 3.36. The number of thiophene rings is 1. The first-order chi connectivity index (χ1) is 14.3. The maximum absolute atomic E-state index is 13.0. The molecule has 7 nitrogen and oxygen atoms in total. The highest BCUT2D eigenvalue weighted by molar-refractivity contribution is 7.92. The number of likely N-dealkylation sites (N-methyl/N-ethyl adjacent to an activating group) is 1. The first kappa shape index (κ1) is 22.2. The molecule has 1 aromatic carbocycles. The second kappa shape index (κ2) is 9.11. The summed E-state index contributed by atoms with van der Waals surface area (Å²) in [4.78, 5) is 24.8. The van der Waals surface area contributed by atoms with Gasteiger partial charge < -0.3 is 5.32 Å². The van der Waals surface area contributed by atoms with E-state index in [4.69, 9.17) is 5.21 Å². The van der Waals surface area contributed by atoms with Crippen LogP contribution in [0.3, 0.4) is 0 Å². The van der Waals surface area contributed by atoms with Gasteiger partial charge in [-0.25, -0.2) is 13.9 Å². The SMILES string of the molecule is CNC(=O)C=Cc1ccc(-c2ccc([C@@]3(CC(=O)NO)CCCCS3(=O)=O)s2)cc1. The molecule has 1 aliphatic rings. The van der Waals surface area contributed by atoms with Gasteiger partial charge in [-0.2, -0.15) is 0 Å². The van der Waals surface area contributed by atoms with Crippen LogP contribution in [0.5, 0.6) is 0 Å². The molecule has 1 atom stereocenters. The smallest absolute Gasteiger partial charge is 0.245 e. The Labute approximate surface area is 179 Å². The van der Waals surface area contributed by atoms with Crippen molar-refractivity contribution in [1.82, 2.24) is 10.8 Å². The lowest BCUT2D eigenvalue weighted by Crippen LogP contribution is -2.43. The maximum Gasteiger partial charge on any atom is 0.245 e. The molecule has 1 aromatic heterocycles. The molecule has 0 spiro atoms. The molecular weight excluding hydrogens is 424 g/mol. The monoisotopic (exact) mass is 448 g/mol. The highest BCUT2D eigenvalue weighted by Crippen LogP contribution is 2.47. The summed E-state index contributed by atoms with van der Waals surface area (Å²) in [6.07, 6.45) is 4.49. The molecule has 2 heterocycles. The minimum Gasteiger partial charge on any atom is -0.356 e. The Kier molecular flexibility index (Phi) is 6.74. The number of hydroxylamine groups is 1. The Hall–Kier alpha value is -2.49. The molecule has 9 heteroatoms. The Morgan fingerprint density at radius 3 is 2.53 bits per heavy atom. The highest BCUT2D eigenvalue weighted by Gasteiger charge is 2.49. The first-order valence-corrected chi connectivity index (χ1v) is 12.0. The van der Waals surface area contributed by atoms with E-state index in [0.29, 0.717) is 24.1 Å². The average molecular weight is 449 g/mol. The molecule has 0 unspecified atom stereocenters. The number of hydrogen-bond donors (Lipinski definition) is 3. The quantitative estimate of drug-likeness (QED) is 0.357. The van der Waals surface area contributed by atoms with Gasteiger partial charge in [-0.1, -0.05) is 30.7 Å². The van der Waals surface area contributed by atoms with E-state index in [9.17, 15) is 18.0 Å². The van der Waals surface area contributed by atoms with Crippen molar-refractivity contribution in [1.29, 1.82) is 0 Å². The van der Waals surface area contributed by atoms with Gasteiger partial charge in [-0.15, -0.1) is 11.3 Å². The molecule has 1 fully saturated rings. The van der Waals surface area contributed by atoms with Crippen LogP contribution in [-0.2, 0) is 24.2 Å². The minimum absolute atomic E-state index is 0.0330. The van der Waals surface area contributed by atoms with Crippen LogP contribution in [0.4, 0.5) is 0 Å². The van der Waals surface area contributed by atoms with Crippen molar-refractivity contribution in [2.75, 3.05) is 12.8 Å². The lowest BCUT2D eigenvalue weighted by atomic mass is 9.94. The zero-order valence-electron chi connectivity index (χ0n) is 16.6. The average Bonchev–Trinajstić information content (AvgIpc) is 3.24. The second-order valence-corrected chi connectivity index (χ2v) is 10.7. The molecule has 0 aliphatic carbocycles. The van der Waals surface area contributed by atoms with Crippen molar-refractivity contribution in [3.63, 3.8) is 0 Å². The van der Waals surface area contributed by atoms with Crippen molar-refractivity contribution in [2.45, 2.75) is 30.4 Å². The van der Waals surface area contributed by atoms with Crippen LogP contribution in [-0.4, -0.2) is 38.2 Å². The van der Waals surface area contributed by atoms with Crippen LogP contribution in [0.1, 0.15) is 36.1 Å². The number of nitrogens with one attached hydrogen (secondary N) is 2. The molecule has 0 bridgehead atoms. The Balaban J connectivity index is 1.92. The van der Waals surface area contributed by atoms with Gasteiger partial charge in [0.15, 0.2) is 9.84 Å². The lowest BCUT2D eigenvalue weighted by molar-refractivity contribution is -0.130. The number of hydrogen-bond acceptors (Lipinski definition) is 6. The van der Waals surface area contributed by atoms with Crippen LogP contribution >= 0.6 is 11.3 Å². The minimum atomic E-state index is -3.55. The van der Waals surface area contributed by atoms with Crippen molar-refractivity contribution < 1.29 is 23.2 Å². The van der Waals surface area contributed by atoms with E-state index in [2.05, 4.69) is 5.32 Å².